The summed E-state index contributed by atoms with van der Waals surface area (Å²) in [5.41, 5.74) is 0. The maximum absolute atomic E-state index is 8.55. The minimum Gasteiger partial charge on any atom is -0.368 e. The van der Waals surface area contributed by atoms with E-state index in [4.69, 9.17) is 10.2 Å². The quantitative estimate of drug-likeness (QED) is 0.583. The third-order valence-electron chi connectivity index (χ3n) is 2.07. The molecule has 1 saturated carbocycles. The average Bonchev–Trinajstić information content (AvgIpc) is 2.34. The summed E-state index contributed by atoms with van der Waals surface area (Å²) in [6.45, 7) is 0. The van der Waals surface area contributed by atoms with E-state index in [1.165, 1.54) is 31.6 Å². The highest BCUT2D eigenvalue weighted by Crippen LogP contribution is 2.30. The van der Waals surface area contributed by atoms with Crippen molar-refractivity contribution in [3.63, 3.8) is 0 Å². The Bertz CT molecular complexity index is 85.3. The van der Waals surface area contributed by atoms with Crippen molar-refractivity contribution in [1.29, 1.82) is 0 Å². The molecule has 0 atom stereocenters. The van der Waals surface area contributed by atoms with Crippen molar-refractivity contribution in [2.45, 2.75) is 44.8 Å². The van der Waals surface area contributed by atoms with Crippen LogP contribution in [-0.2, 0) is 0 Å². The summed E-state index contributed by atoms with van der Waals surface area (Å²) in [5.74, 6) is 1.52. The molecule has 0 spiro atoms. The Balaban J connectivity index is 2.01. The lowest BCUT2D eigenvalue weighted by Crippen LogP contribution is -2.05. The van der Waals surface area contributed by atoms with E-state index in [0.717, 1.165) is 6.42 Å². The second-order valence-electron chi connectivity index (χ2n) is 2.98. The van der Waals surface area contributed by atoms with Gasteiger partial charge in [0, 0.05) is 0 Å². The van der Waals surface area contributed by atoms with Crippen LogP contribution < -0.4 is 0 Å². The molecule has 1 rings (SSSR count). The third-order valence-corrected chi connectivity index (χ3v) is 2.07. The van der Waals surface area contributed by atoms with Gasteiger partial charge in [-0.2, -0.15) is 0 Å². The lowest BCUT2D eigenvalue weighted by Gasteiger charge is -2.07. The van der Waals surface area contributed by atoms with Crippen LogP contribution in [-0.4, -0.2) is 16.5 Å². The van der Waals surface area contributed by atoms with Crippen molar-refractivity contribution >= 4 is 0 Å². The zero-order chi connectivity index (χ0) is 7.40. The first kappa shape index (κ1) is 8.02. The van der Waals surface area contributed by atoms with Crippen molar-refractivity contribution in [3.05, 3.63) is 5.92 Å². The molecule has 0 aromatic carbocycles. The van der Waals surface area contributed by atoms with Crippen LogP contribution in [0.5, 0.6) is 0 Å². The number of aliphatic hydroxyl groups is 2. The Kier molecular flexibility index (Phi) is 3.16. The fourth-order valence-corrected chi connectivity index (χ4v) is 1.46. The van der Waals surface area contributed by atoms with Crippen LogP contribution in [0.4, 0.5) is 0 Å². The molecular formula is C8H15O2. The van der Waals surface area contributed by atoms with Gasteiger partial charge >= 0.3 is 0 Å². The Morgan fingerprint density at radius 1 is 1.20 bits per heavy atom. The molecule has 0 saturated heterocycles. The maximum atomic E-state index is 8.55. The summed E-state index contributed by atoms with van der Waals surface area (Å²) in [7, 11) is 0. The highest BCUT2D eigenvalue weighted by Gasteiger charge is 2.15. The molecule has 0 aromatic rings. The molecule has 0 aliphatic heterocycles. The molecule has 2 N–H and O–H groups in total. The van der Waals surface area contributed by atoms with E-state index in [-0.39, 0.29) is 0 Å². The summed E-state index contributed by atoms with van der Waals surface area (Å²) in [6.07, 6.45) is 5.37. The van der Waals surface area contributed by atoms with Crippen molar-refractivity contribution in [3.8, 4) is 0 Å². The van der Waals surface area contributed by atoms with Crippen LogP contribution in [0.1, 0.15) is 38.5 Å². The van der Waals surface area contributed by atoms with E-state index < -0.39 is 6.29 Å². The van der Waals surface area contributed by atoms with Gasteiger partial charge in [0.05, 0.1) is 0 Å². The third kappa shape index (κ3) is 2.67. The predicted molar refractivity (Wildman–Crippen MR) is 39.2 cm³/mol. The number of hydrogen-bond acceptors (Lipinski definition) is 2. The second kappa shape index (κ2) is 3.94. The van der Waals surface area contributed by atoms with Gasteiger partial charge in [-0.1, -0.05) is 12.8 Å². The molecule has 0 aromatic heterocycles. The Hall–Kier alpha value is -0.0800. The van der Waals surface area contributed by atoms with Crippen LogP contribution in [0, 0.1) is 5.92 Å². The average molecular weight is 143 g/mol. The van der Waals surface area contributed by atoms with Gasteiger partial charge in [-0.25, -0.2) is 0 Å². The normalized spacial score (nSPS) is 20.7. The minimum absolute atomic E-state index is 0.523. The van der Waals surface area contributed by atoms with E-state index in [1.807, 2.05) is 0 Å². The van der Waals surface area contributed by atoms with E-state index in [9.17, 15) is 0 Å². The summed E-state index contributed by atoms with van der Waals surface area (Å²) in [5, 5.41) is 17.1. The van der Waals surface area contributed by atoms with Crippen LogP contribution in [0.15, 0.2) is 0 Å². The van der Waals surface area contributed by atoms with Gasteiger partial charge in [0.15, 0.2) is 6.29 Å². The van der Waals surface area contributed by atoms with Gasteiger partial charge in [0.1, 0.15) is 0 Å². The van der Waals surface area contributed by atoms with Crippen molar-refractivity contribution in [1.82, 2.24) is 0 Å². The van der Waals surface area contributed by atoms with Gasteiger partial charge in [0.2, 0.25) is 0 Å². The molecule has 0 heterocycles. The summed E-state index contributed by atoms with van der Waals surface area (Å²) in [6, 6.07) is 0. The zero-order valence-electron chi connectivity index (χ0n) is 6.21. The second-order valence-corrected chi connectivity index (χ2v) is 2.98. The van der Waals surface area contributed by atoms with Crippen LogP contribution in [0.2, 0.25) is 0 Å². The van der Waals surface area contributed by atoms with Crippen molar-refractivity contribution in [2.24, 2.45) is 0 Å². The van der Waals surface area contributed by atoms with Gasteiger partial charge in [-0.15, -0.1) is 0 Å². The van der Waals surface area contributed by atoms with Crippen molar-refractivity contribution < 1.29 is 10.2 Å². The molecule has 0 amide bonds. The van der Waals surface area contributed by atoms with E-state index >= 15 is 0 Å². The lowest BCUT2D eigenvalue weighted by atomic mass is 10.0. The first-order valence-electron chi connectivity index (χ1n) is 3.99. The summed E-state index contributed by atoms with van der Waals surface area (Å²) >= 11 is 0. The lowest BCUT2D eigenvalue weighted by molar-refractivity contribution is -0.0457. The topological polar surface area (TPSA) is 40.5 Å². The SMILES string of the molecule is OC(O)CC[C]1CCCC1. The summed E-state index contributed by atoms with van der Waals surface area (Å²) in [4.78, 5) is 0. The van der Waals surface area contributed by atoms with E-state index in [1.54, 1.807) is 0 Å². The Morgan fingerprint density at radius 2 is 1.80 bits per heavy atom. The molecule has 10 heavy (non-hydrogen) atoms. The first-order chi connectivity index (χ1) is 4.79. The molecule has 59 valence electrons. The number of rotatable bonds is 3. The monoisotopic (exact) mass is 143 g/mol. The highest BCUT2D eigenvalue weighted by atomic mass is 16.5. The minimum atomic E-state index is -1.10. The molecule has 2 heteroatoms. The van der Waals surface area contributed by atoms with Gasteiger partial charge in [-0.3, -0.25) is 0 Å². The highest BCUT2D eigenvalue weighted by molar-refractivity contribution is 4.93. The Morgan fingerprint density at radius 3 is 2.30 bits per heavy atom. The Labute approximate surface area is 61.9 Å². The van der Waals surface area contributed by atoms with Gasteiger partial charge < -0.3 is 10.2 Å². The predicted octanol–water partition coefficient (Wildman–Crippen LogP) is 1.23. The largest absolute Gasteiger partial charge is 0.368 e. The fourth-order valence-electron chi connectivity index (χ4n) is 1.46. The molecule has 1 aliphatic rings. The van der Waals surface area contributed by atoms with Crippen molar-refractivity contribution in [2.75, 3.05) is 0 Å². The maximum Gasteiger partial charge on any atom is 0.151 e. The standard InChI is InChI=1S/C8H15O2/c9-8(10)6-5-7-3-1-2-4-7/h8-10H,1-6H2. The fraction of sp³-hybridized carbons (Fsp3) is 0.875. The first-order valence-corrected chi connectivity index (χ1v) is 3.99. The molecule has 1 radical (unpaired) electrons. The zero-order valence-corrected chi connectivity index (χ0v) is 6.21. The molecular weight excluding hydrogens is 128 g/mol. The number of hydrogen-bond donors (Lipinski definition) is 2. The molecule has 2 nitrogen and oxygen atoms in total. The molecule has 0 bridgehead atoms. The van der Waals surface area contributed by atoms with Gasteiger partial charge in [0.25, 0.3) is 0 Å². The molecule has 0 unspecified atom stereocenters. The number of aliphatic hydroxyl groups excluding tert-OH is 1. The molecule has 1 aliphatic carbocycles. The van der Waals surface area contributed by atoms with E-state index in [2.05, 4.69) is 0 Å². The van der Waals surface area contributed by atoms with Crippen LogP contribution >= 0.6 is 0 Å². The smallest absolute Gasteiger partial charge is 0.151 e. The van der Waals surface area contributed by atoms with E-state index in [0.29, 0.717) is 6.42 Å². The van der Waals surface area contributed by atoms with Crippen LogP contribution in [0.3, 0.4) is 0 Å². The molecule has 1 fully saturated rings. The summed E-state index contributed by atoms with van der Waals surface area (Å²) < 4.78 is 0. The van der Waals surface area contributed by atoms with Crippen LogP contribution in [0.25, 0.3) is 0 Å². The van der Waals surface area contributed by atoms with Gasteiger partial charge in [-0.05, 0) is 31.6 Å².